The summed E-state index contributed by atoms with van der Waals surface area (Å²) in [7, 11) is 0. The van der Waals surface area contributed by atoms with Gasteiger partial charge in [0.1, 0.15) is 11.5 Å². The molecule has 0 spiro atoms. The number of anilines is 1. The van der Waals surface area contributed by atoms with Gasteiger partial charge in [-0.2, -0.15) is 0 Å². The van der Waals surface area contributed by atoms with Crippen LogP contribution in [0.25, 0.3) is 0 Å². The Hall–Kier alpha value is -2.86. The molecule has 6 heteroatoms. The van der Waals surface area contributed by atoms with Crippen LogP contribution in [0.2, 0.25) is 0 Å². The van der Waals surface area contributed by atoms with Crippen molar-refractivity contribution in [2.45, 2.75) is 58.0 Å². The van der Waals surface area contributed by atoms with Crippen LogP contribution in [0.1, 0.15) is 53.7 Å². The lowest BCUT2D eigenvalue weighted by molar-refractivity contribution is -0.127. The van der Waals surface area contributed by atoms with Gasteiger partial charge in [0.2, 0.25) is 5.91 Å². The van der Waals surface area contributed by atoms with E-state index in [2.05, 4.69) is 5.32 Å². The Labute approximate surface area is 187 Å². The summed E-state index contributed by atoms with van der Waals surface area (Å²) in [5.41, 5.74) is 1.78. The average molecular weight is 437 g/mol. The zero-order valence-electron chi connectivity index (χ0n) is 18.0. The average Bonchev–Trinajstić information content (AvgIpc) is 3.51. The molecular formula is C25H28N2O3S. The highest BCUT2D eigenvalue weighted by Crippen LogP contribution is 2.31. The van der Waals surface area contributed by atoms with Crippen molar-refractivity contribution in [1.82, 2.24) is 5.32 Å². The first-order valence-corrected chi connectivity index (χ1v) is 11.7. The number of furan rings is 1. The van der Waals surface area contributed by atoms with Crippen LogP contribution in [0.15, 0.2) is 58.3 Å². The van der Waals surface area contributed by atoms with Crippen molar-refractivity contribution in [3.05, 3.63) is 75.9 Å². The number of aryl methyl sites for hydroxylation is 2. The predicted octanol–water partition coefficient (Wildman–Crippen LogP) is 5.33. The highest BCUT2D eigenvalue weighted by atomic mass is 32.1. The first-order chi connectivity index (χ1) is 15.0. The molecule has 1 aliphatic rings. The second-order valence-electron chi connectivity index (χ2n) is 8.20. The summed E-state index contributed by atoms with van der Waals surface area (Å²) in [4.78, 5) is 29.7. The van der Waals surface area contributed by atoms with E-state index in [1.807, 2.05) is 61.7 Å². The standard InChI is InChI=1S/C25H28N2O3S/c1-17-9-12-20(13-10-17)27(23(28)16-21-8-5-15-31-21)24(22-14-11-18(2)30-22)25(29)26-19-6-3-4-7-19/h5,8-15,19,24H,3-4,6-7,16H2,1-2H3,(H,26,29)/t24-/m0/s1. The molecule has 0 aliphatic heterocycles. The summed E-state index contributed by atoms with van der Waals surface area (Å²) < 4.78 is 5.89. The van der Waals surface area contributed by atoms with Gasteiger partial charge in [-0.05, 0) is 62.4 Å². The lowest BCUT2D eigenvalue weighted by atomic mass is 10.1. The molecular weight excluding hydrogens is 408 g/mol. The second kappa shape index (κ2) is 9.52. The molecule has 1 atom stereocenters. The third-order valence-electron chi connectivity index (χ3n) is 5.73. The number of rotatable bonds is 7. The Morgan fingerprint density at radius 2 is 1.84 bits per heavy atom. The molecule has 0 unspecified atom stereocenters. The van der Waals surface area contributed by atoms with Crippen molar-refractivity contribution in [2.24, 2.45) is 0 Å². The van der Waals surface area contributed by atoms with Gasteiger partial charge >= 0.3 is 0 Å². The van der Waals surface area contributed by atoms with Crippen molar-refractivity contribution < 1.29 is 14.0 Å². The summed E-state index contributed by atoms with van der Waals surface area (Å²) in [5.74, 6) is 0.865. The van der Waals surface area contributed by atoms with E-state index in [4.69, 9.17) is 4.42 Å². The number of thiophene rings is 1. The molecule has 2 heterocycles. The van der Waals surface area contributed by atoms with Gasteiger partial charge in [-0.25, -0.2) is 0 Å². The van der Waals surface area contributed by atoms with Crippen LogP contribution in [0.5, 0.6) is 0 Å². The first-order valence-electron chi connectivity index (χ1n) is 10.8. The highest BCUT2D eigenvalue weighted by molar-refractivity contribution is 7.10. The molecule has 3 aromatic rings. The summed E-state index contributed by atoms with van der Waals surface area (Å²) in [6, 6.07) is 14.5. The number of nitrogens with one attached hydrogen (secondary N) is 1. The van der Waals surface area contributed by atoms with E-state index in [1.165, 1.54) is 0 Å². The maximum absolute atomic E-state index is 13.6. The molecule has 1 aromatic carbocycles. The molecule has 2 aromatic heterocycles. The SMILES string of the molecule is Cc1ccc(N(C(=O)Cc2cccs2)[C@H](C(=O)NC2CCCC2)c2ccc(C)o2)cc1. The summed E-state index contributed by atoms with van der Waals surface area (Å²) in [6.45, 7) is 3.85. The first kappa shape index (κ1) is 21.4. The van der Waals surface area contributed by atoms with Crippen molar-refractivity contribution in [1.29, 1.82) is 0 Å². The molecule has 1 saturated carbocycles. The number of hydrogen-bond acceptors (Lipinski definition) is 4. The van der Waals surface area contributed by atoms with Gasteiger partial charge in [0.05, 0.1) is 6.42 Å². The Morgan fingerprint density at radius 1 is 1.10 bits per heavy atom. The quantitative estimate of drug-likeness (QED) is 0.544. The normalized spacial score (nSPS) is 15.0. The van der Waals surface area contributed by atoms with Crippen LogP contribution >= 0.6 is 11.3 Å². The third-order valence-corrected chi connectivity index (χ3v) is 6.60. The Bertz CT molecular complexity index is 1020. The van der Waals surface area contributed by atoms with E-state index < -0.39 is 6.04 Å². The van der Waals surface area contributed by atoms with E-state index in [0.717, 1.165) is 36.1 Å². The second-order valence-corrected chi connectivity index (χ2v) is 9.23. The summed E-state index contributed by atoms with van der Waals surface area (Å²) in [6.07, 6.45) is 4.42. The largest absolute Gasteiger partial charge is 0.464 e. The lowest BCUT2D eigenvalue weighted by Crippen LogP contribution is -2.46. The molecule has 1 aliphatic carbocycles. The van der Waals surface area contributed by atoms with Crippen molar-refractivity contribution in [3.8, 4) is 0 Å². The number of carbonyl (C=O) groups excluding carboxylic acids is 2. The third kappa shape index (κ3) is 5.07. The van der Waals surface area contributed by atoms with Crippen molar-refractivity contribution in [3.63, 3.8) is 0 Å². The van der Waals surface area contributed by atoms with E-state index in [9.17, 15) is 9.59 Å². The molecule has 4 rings (SSSR count). The van der Waals surface area contributed by atoms with Gasteiger partial charge in [0, 0.05) is 16.6 Å². The van der Waals surface area contributed by atoms with Crippen LogP contribution < -0.4 is 10.2 Å². The predicted molar refractivity (Wildman–Crippen MR) is 123 cm³/mol. The number of nitrogens with zero attached hydrogens (tertiary/aromatic N) is 1. The fraction of sp³-hybridized carbons (Fsp3) is 0.360. The van der Waals surface area contributed by atoms with Crippen LogP contribution in [0.4, 0.5) is 5.69 Å². The van der Waals surface area contributed by atoms with Crippen LogP contribution in [-0.4, -0.2) is 17.9 Å². The minimum Gasteiger partial charge on any atom is -0.464 e. The molecule has 0 bridgehead atoms. The maximum atomic E-state index is 13.6. The smallest absolute Gasteiger partial charge is 0.251 e. The van der Waals surface area contributed by atoms with Gasteiger partial charge in [0.25, 0.3) is 5.91 Å². The lowest BCUT2D eigenvalue weighted by Gasteiger charge is -2.31. The van der Waals surface area contributed by atoms with Gasteiger partial charge in [-0.3, -0.25) is 14.5 Å². The number of benzene rings is 1. The maximum Gasteiger partial charge on any atom is 0.251 e. The molecule has 0 radical (unpaired) electrons. The molecule has 31 heavy (non-hydrogen) atoms. The number of hydrogen-bond donors (Lipinski definition) is 1. The fourth-order valence-corrected chi connectivity index (χ4v) is 4.81. The van der Waals surface area contributed by atoms with E-state index >= 15 is 0 Å². The van der Waals surface area contributed by atoms with Gasteiger partial charge < -0.3 is 9.73 Å². The van der Waals surface area contributed by atoms with Gasteiger partial charge in [0.15, 0.2) is 6.04 Å². The van der Waals surface area contributed by atoms with Crippen molar-refractivity contribution >= 4 is 28.8 Å². The summed E-state index contributed by atoms with van der Waals surface area (Å²) in [5, 5.41) is 5.13. The zero-order valence-corrected chi connectivity index (χ0v) is 18.8. The molecule has 0 saturated heterocycles. The number of carbonyl (C=O) groups is 2. The number of amides is 2. The summed E-state index contributed by atoms with van der Waals surface area (Å²) >= 11 is 1.54. The Kier molecular flexibility index (Phi) is 6.56. The van der Waals surface area contributed by atoms with Gasteiger partial charge in [-0.1, -0.05) is 36.6 Å². The van der Waals surface area contributed by atoms with Crippen LogP contribution in [-0.2, 0) is 16.0 Å². The molecule has 1 fully saturated rings. The topological polar surface area (TPSA) is 62.6 Å². The Balaban J connectivity index is 1.73. The Morgan fingerprint density at radius 3 is 2.45 bits per heavy atom. The fourth-order valence-electron chi connectivity index (χ4n) is 4.11. The van der Waals surface area contributed by atoms with E-state index in [-0.39, 0.29) is 24.3 Å². The molecule has 162 valence electrons. The highest BCUT2D eigenvalue weighted by Gasteiger charge is 2.36. The van der Waals surface area contributed by atoms with E-state index in [1.54, 1.807) is 22.3 Å². The molecule has 1 N–H and O–H groups in total. The van der Waals surface area contributed by atoms with Crippen LogP contribution in [0, 0.1) is 13.8 Å². The minimum absolute atomic E-state index is 0.132. The molecule has 2 amide bonds. The van der Waals surface area contributed by atoms with Crippen molar-refractivity contribution in [2.75, 3.05) is 4.90 Å². The van der Waals surface area contributed by atoms with Crippen LogP contribution in [0.3, 0.4) is 0 Å². The van der Waals surface area contributed by atoms with Gasteiger partial charge in [-0.15, -0.1) is 11.3 Å². The monoisotopic (exact) mass is 436 g/mol. The van der Waals surface area contributed by atoms with E-state index in [0.29, 0.717) is 17.2 Å². The minimum atomic E-state index is -0.857. The zero-order chi connectivity index (χ0) is 21.8. The molecule has 5 nitrogen and oxygen atoms in total.